The van der Waals surface area contributed by atoms with E-state index < -0.39 is 0 Å². The Kier molecular flexibility index (Phi) is 11.6. The summed E-state index contributed by atoms with van der Waals surface area (Å²) < 4.78 is 4.85. The minimum absolute atomic E-state index is 1.15. The van der Waals surface area contributed by atoms with E-state index in [1.807, 2.05) is 0 Å². The molecule has 13 aromatic carbocycles. The summed E-state index contributed by atoms with van der Waals surface area (Å²) in [5.41, 5.74) is 26.3. The van der Waals surface area contributed by atoms with Crippen molar-refractivity contribution in [2.24, 2.45) is 0 Å². The predicted octanol–water partition coefficient (Wildman–Crippen LogP) is 21.2. The van der Waals surface area contributed by atoms with Gasteiger partial charge in [-0.15, -0.1) is 0 Å². The minimum Gasteiger partial charge on any atom is -0.309 e. The Morgan fingerprint density at radius 1 is 0.163 bits per heavy atom. The van der Waals surface area contributed by atoms with Crippen LogP contribution in [0.25, 0.3) is 144 Å². The van der Waals surface area contributed by atoms with Gasteiger partial charge in [-0.2, -0.15) is 0 Å². The first-order chi connectivity index (χ1) is 39.6. The normalized spacial score (nSPS) is 11.5. The molecule has 0 aliphatic carbocycles. The molecule has 15 aromatic rings. The molecular formula is C78H52N2. The van der Waals surface area contributed by atoms with Crippen molar-refractivity contribution in [3.8, 4) is 100 Å². The number of benzene rings is 13. The third-order valence-corrected chi connectivity index (χ3v) is 16.2. The van der Waals surface area contributed by atoms with Crippen LogP contribution in [0.2, 0.25) is 0 Å². The predicted molar refractivity (Wildman–Crippen MR) is 339 cm³/mol. The van der Waals surface area contributed by atoms with Crippen LogP contribution in [-0.4, -0.2) is 9.13 Å². The highest BCUT2D eigenvalue weighted by atomic mass is 15.0. The summed E-state index contributed by atoms with van der Waals surface area (Å²) in [7, 11) is 0. The van der Waals surface area contributed by atoms with Gasteiger partial charge in [0.25, 0.3) is 0 Å². The molecule has 2 heteroatoms. The zero-order valence-electron chi connectivity index (χ0n) is 43.9. The lowest BCUT2D eigenvalue weighted by Crippen LogP contribution is -1.97. The third kappa shape index (κ3) is 8.39. The first-order valence-corrected chi connectivity index (χ1v) is 27.5. The van der Waals surface area contributed by atoms with Gasteiger partial charge in [-0.05, 0) is 156 Å². The fourth-order valence-corrected chi connectivity index (χ4v) is 12.2. The van der Waals surface area contributed by atoms with Crippen LogP contribution in [0.15, 0.2) is 315 Å². The number of nitrogens with zero attached hydrogens (tertiary/aromatic N) is 2. The van der Waals surface area contributed by atoms with Gasteiger partial charge in [0, 0.05) is 32.8 Å². The molecule has 0 saturated heterocycles. The molecule has 0 fully saturated rings. The number of rotatable bonds is 10. The summed E-state index contributed by atoms with van der Waals surface area (Å²) in [4.78, 5) is 0. The maximum atomic E-state index is 2.45. The van der Waals surface area contributed by atoms with Crippen molar-refractivity contribution in [1.82, 2.24) is 9.13 Å². The van der Waals surface area contributed by atoms with Crippen LogP contribution < -0.4 is 0 Å². The smallest absolute Gasteiger partial charge is 0.0541 e. The molecule has 0 bridgehead atoms. The van der Waals surface area contributed by atoms with Gasteiger partial charge in [0.05, 0.1) is 27.8 Å². The van der Waals surface area contributed by atoms with Gasteiger partial charge in [0.15, 0.2) is 0 Å². The van der Waals surface area contributed by atoms with Gasteiger partial charge in [0.2, 0.25) is 0 Å². The Labute approximate surface area is 466 Å². The second-order valence-electron chi connectivity index (χ2n) is 20.9. The van der Waals surface area contributed by atoms with E-state index in [2.05, 4.69) is 325 Å². The van der Waals surface area contributed by atoms with Crippen LogP contribution in [0.5, 0.6) is 0 Å². The Hall–Kier alpha value is -10.5. The molecule has 0 amide bonds. The number of hydrogen-bond acceptors (Lipinski definition) is 0. The van der Waals surface area contributed by atoms with E-state index in [1.54, 1.807) is 0 Å². The lowest BCUT2D eigenvalue weighted by atomic mass is 9.94. The number of hydrogen-bond donors (Lipinski definition) is 0. The van der Waals surface area contributed by atoms with Crippen LogP contribution in [-0.2, 0) is 0 Å². The van der Waals surface area contributed by atoms with Crippen LogP contribution in [0.1, 0.15) is 0 Å². The third-order valence-electron chi connectivity index (χ3n) is 16.2. The second kappa shape index (κ2) is 19.8. The molecule has 2 aromatic heterocycles. The van der Waals surface area contributed by atoms with E-state index >= 15 is 0 Å². The van der Waals surface area contributed by atoms with Gasteiger partial charge >= 0.3 is 0 Å². The second-order valence-corrected chi connectivity index (χ2v) is 20.9. The largest absolute Gasteiger partial charge is 0.309 e. The summed E-state index contributed by atoms with van der Waals surface area (Å²) in [6, 6.07) is 115. The quantitative estimate of drug-likeness (QED) is 0.129. The molecule has 0 aliphatic rings. The van der Waals surface area contributed by atoms with Crippen molar-refractivity contribution in [3.05, 3.63) is 315 Å². The first kappa shape index (κ1) is 46.7. The highest BCUT2D eigenvalue weighted by Gasteiger charge is 2.19. The van der Waals surface area contributed by atoms with Crippen molar-refractivity contribution in [2.45, 2.75) is 0 Å². The van der Waals surface area contributed by atoms with Gasteiger partial charge in [-0.3, -0.25) is 0 Å². The van der Waals surface area contributed by atoms with E-state index in [-0.39, 0.29) is 0 Å². The number of aromatic nitrogens is 2. The monoisotopic (exact) mass is 1020 g/mol. The molecule has 0 N–H and O–H groups in total. The van der Waals surface area contributed by atoms with E-state index in [0.717, 1.165) is 11.4 Å². The zero-order chi connectivity index (χ0) is 52.9. The standard InChI is InChI=1S/C78H52N2/c1-3-16-53(17-4-1)55-40-44-68(45-41-55)79-75-30-11-8-27-70(75)72-51-66(42-46-77(72)79)67-43-47-78-73(52-67)71-28-9-12-31-76(71)80(78)74-29-10-7-26-69(74)59-38-36-58(37-39-59)63-23-15-25-65(50-63)64-24-14-22-62(49-64)57-34-32-56(33-35-57)61-21-13-20-60(48-61)54-18-5-2-6-19-54/h1-52H. The topological polar surface area (TPSA) is 9.86 Å². The van der Waals surface area contributed by atoms with Crippen LogP contribution in [0.4, 0.5) is 0 Å². The summed E-state index contributed by atoms with van der Waals surface area (Å²) in [5.74, 6) is 0. The molecule has 0 saturated carbocycles. The summed E-state index contributed by atoms with van der Waals surface area (Å²) in [6.45, 7) is 0. The van der Waals surface area contributed by atoms with Gasteiger partial charge < -0.3 is 9.13 Å². The first-order valence-electron chi connectivity index (χ1n) is 27.5. The maximum absolute atomic E-state index is 2.45. The summed E-state index contributed by atoms with van der Waals surface area (Å²) >= 11 is 0. The molecule has 0 spiro atoms. The van der Waals surface area contributed by atoms with Crippen molar-refractivity contribution in [1.29, 1.82) is 0 Å². The van der Waals surface area contributed by atoms with Crippen molar-refractivity contribution in [2.75, 3.05) is 0 Å². The van der Waals surface area contributed by atoms with E-state index in [9.17, 15) is 0 Å². The average Bonchev–Trinajstić information content (AvgIpc) is 4.06. The van der Waals surface area contributed by atoms with Gasteiger partial charge in [-0.1, -0.05) is 243 Å². The number of para-hydroxylation sites is 3. The molecule has 80 heavy (non-hydrogen) atoms. The van der Waals surface area contributed by atoms with Crippen LogP contribution >= 0.6 is 0 Å². The van der Waals surface area contributed by atoms with E-state index in [4.69, 9.17) is 0 Å². The molecular weight excluding hydrogens is 965 g/mol. The van der Waals surface area contributed by atoms with Crippen molar-refractivity contribution >= 4 is 43.6 Å². The molecule has 2 heterocycles. The Morgan fingerprint density at radius 2 is 0.463 bits per heavy atom. The zero-order valence-corrected chi connectivity index (χ0v) is 43.9. The Bertz CT molecular complexity index is 4770. The van der Waals surface area contributed by atoms with Gasteiger partial charge in [0.1, 0.15) is 0 Å². The molecule has 0 radical (unpaired) electrons. The summed E-state index contributed by atoms with van der Waals surface area (Å²) in [6.07, 6.45) is 0. The fraction of sp³-hybridized carbons (Fsp3) is 0. The lowest BCUT2D eigenvalue weighted by molar-refractivity contribution is 1.18. The van der Waals surface area contributed by atoms with E-state index in [1.165, 1.54) is 133 Å². The van der Waals surface area contributed by atoms with Crippen LogP contribution in [0.3, 0.4) is 0 Å². The van der Waals surface area contributed by atoms with Crippen molar-refractivity contribution in [3.63, 3.8) is 0 Å². The van der Waals surface area contributed by atoms with Gasteiger partial charge in [-0.25, -0.2) is 0 Å². The highest BCUT2D eigenvalue weighted by Crippen LogP contribution is 2.41. The highest BCUT2D eigenvalue weighted by molar-refractivity contribution is 6.13. The molecule has 0 atom stereocenters. The minimum atomic E-state index is 1.15. The molecule has 2 nitrogen and oxygen atoms in total. The maximum Gasteiger partial charge on any atom is 0.0541 e. The Balaban J connectivity index is 0.718. The van der Waals surface area contributed by atoms with E-state index in [0.29, 0.717) is 0 Å². The molecule has 0 aliphatic heterocycles. The molecule has 15 rings (SSSR count). The van der Waals surface area contributed by atoms with Crippen LogP contribution in [0, 0.1) is 0 Å². The molecule has 374 valence electrons. The van der Waals surface area contributed by atoms with Crippen molar-refractivity contribution < 1.29 is 0 Å². The summed E-state index contributed by atoms with van der Waals surface area (Å²) in [5, 5.41) is 4.95. The average molecular weight is 1020 g/mol. The number of fused-ring (bicyclic) bond motifs is 6. The SMILES string of the molecule is c1ccc(-c2ccc(-n3c4ccccc4c4cc(-c5ccc6c(c5)c5ccccc5n6-c5ccccc5-c5ccc(-c6cccc(-c7cccc(-c8ccc(-c9cccc(-c%10ccccc%10)c9)cc8)c7)c6)cc5)ccc43)cc2)cc1. The lowest BCUT2D eigenvalue weighted by Gasteiger charge is -2.15. The fourth-order valence-electron chi connectivity index (χ4n) is 12.2. The Morgan fingerprint density at radius 3 is 0.963 bits per heavy atom. The molecule has 0 unspecified atom stereocenters.